The molecule has 2 aromatic rings. The Labute approximate surface area is 170 Å². The minimum absolute atomic E-state index is 0.0307. The fourth-order valence-corrected chi connectivity index (χ4v) is 3.96. The molecule has 4 rings (SSSR count). The Kier molecular flexibility index (Phi) is 5.27. The lowest BCUT2D eigenvalue weighted by molar-refractivity contribution is -0.144. The van der Waals surface area contributed by atoms with E-state index < -0.39 is 5.41 Å². The van der Waals surface area contributed by atoms with Gasteiger partial charge in [0.2, 0.25) is 11.8 Å². The Hall–Kier alpha value is -2.53. The van der Waals surface area contributed by atoms with Gasteiger partial charge in [-0.15, -0.1) is 0 Å². The summed E-state index contributed by atoms with van der Waals surface area (Å²) in [5, 5.41) is 3.54. The second-order valence-electron chi connectivity index (χ2n) is 7.47. The van der Waals surface area contributed by atoms with Crippen molar-refractivity contribution in [3.63, 3.8) is 0 Å². The fraction of sp³-hybridized carbons (Fsp3) is 0.364. The molecule has 0 bridgehead atoms. The zero-order chi connectivity index (χ0) is 19.6. The van der Waals surface area contributed by atoms with Crippen molar-refractivity contribution in [1.82, 2.24) is 10.2 Å². The number of nitrogens with one attached hydrogen (secondary N) is 1. The van der Waals surface area contributed by atoms with Crippen molar-refractivity contribution in [2.45, 2.75) is 19.4 Å². The number of halogens is 1. The minimum Gasteiger partial charge on any atom is -0.368 e. The van der Waals surface area contributed by atoms with Crippen LogP contribution in [0.5, 0.6) is 0 Å². The first-order valence-corrected chi connectivity index (χ1v) is 10.1. The van der Waals surface area contributed by atoms with Crippen LogP contribution >= 0.6 is 11.6 Å². The monoisotopic (exact) mass is 397 g/mol. The van der Waals surface area contributed by atoms with Gasteiger partial charge < -0.3 is 15.1 Å². The summed E-state index contributed by atoms with van der Waals surface area (Å²) in [6, 6.07) is 17.6. The van der Waals surface area contributed by atoms with Gasteiger partial charge in [-0.1, -0.05) is 48.0 Å². The number of nitrogens with zero attached hydrogens (tertiary/aromatic N) is 2. The summed E-state index contributed by atoms with van der Waals surface area (Å²) in [5.74, 6) is -0.209. The van der Waals surface area contributed by atoms with E-state index in [1.807, 2.05) is 41.3 Å². The number of carbonyl (C=O) groups is 2. The van der Waals surface area contributed by atoms with Gasteiger partial charge in [0.25, 0.3) is 0 Å². The average molecular weight is 398 g/mol. The molecule has 1 heterocycles. The third-order valence-electron chi connectivity index (χ3n) is 5.68. The molecule has 5 nitrogen and oxygen atoms in total. The summed E-state index contributed by atoms with van der Waals surface area (Å²) in [6.45, 7) is 3.20. The molecular weight excluding hydrogens is 374 g/mol. The maximum atomic E-state index is 13.1. The molecule has 1 aliphatic carbocycles. The number of para-hydroxylation sites is 1. The molecule has 2 fully saturated rings. The van der Waals surface area contributed by atoms with E-state index in [-0.39, 0.29) is 11.8 Å². The van der Waals surface area contributed by atoms with Crippen molar-refractivity contribution >= 4 is 29.1 Å². The number of hydrogen-bond donors (Lipinski definition) is 1. The predicted molar refractivity (Wildman–Crippen MR) is 110 cm³/mol. The van der Waals surface area contributed by atoms with E-state index >= 15 is 0 Å². The van der Waals surface area contributed by atoms with Crippen LogP contribution in [-0.2, 0) is 16.1 Å². The third-order valence-corrected chi connectivity index (χ3v) is 6.05. The summed E-state index contributed by atoms with van der Waals surface area (Å²) in [5.41, 5.74) is 1.15. The zero-order valence-corrected chi connectivity index (χ0v) is 16.5. The van der Waals surface area contributed by atoms with Gasteiger partial charge in [0.05, 0.1) is 0 Å². The van der Waals surface area contributed by atoms with E-state index in [4.69, 9.17) is 11.6 Å². The van der Waals surface area contributed by atoms with Crippen LogP contribution in [0.15, 0.2) is 54.6 Å². The number of benzene rings is 2. The van der Waals surface area contributed by atoms with Crippen molar-refractivity contribution in [2.75, 3.05) is 31.1 Å². The van der Waals surface area contributed by atoms with Crippen LogP contribution in [0.1, 0.15) is 18.4 Å². The van der Waals surface area contributed by atoms with Crippen LogP contribution in [0.2, 0.25) is 5.02 Å². The molecule has 2 aromatic carbocycles. The first kappa shape index (κ1) is 18.8. The molecule has 0 radical (unpaired) electrons. The van der Waals surface area contributed by atoms with Gasteiger partial charge in [-0.25, -0.2) is 0 Å². The maximum Gasteiger partial charge on any atom is 0.238 e. The number of amides is 2. The number of piperazine rings is 1. The SMILES string of the molecule is O=C(NCc1ccccc1Cl)C1(C(=O)N2CCN(c3ccccc3)CC2)CC1. The first-order valence-electron chi connectivity index (χ1n) is 9.71. The summed E-state index contributed by atoms with van der Waals surface area (Å²) in [7, 11) is 0. The third kappa shape index (κ3) is 3.72. The van der Waals surface area contributed by atoms with E-state index in [2.05, 4.69) is 22.3 Å². The Morgan fingerprint density at radius 2 is 1.57 bits per heavy atom. The normalized spacial score (nSPS) is 17.9. The lowest BCUT2D eigenvalue weighted by Gasteiger charge is -2.37. The van der Waals surface area contributed by atoms with Crippen molar-refractivity contribution < 1.29 is 9.59 Å². The highest BCUT2D eigenvalue weighted by Crippen LogP contribution is 2.47. The van der Waals surface area contributed by atoms with Gasteiger partial charge in [-0.3, -0.25) is 9.59 Å². The molecule has 0 atom stereocenters. The van der Waals surface area contributed by atoms with Gasteiger partial charge in [-0.2, -0.15) is 0 Å². The zero-order valence-electron chi connectivity index (χ0n) is 15.7. The smallest absolute Gasteiger partial charge is 0.238 e. The van der Waals surface area contributed by atoms with Crippen LogP contribution in [0.3, 0.4) is 0 Å². The van der Waals surface area contributed by atoms with E-state index in [1.165, 1.54) is 5.69 Å². The number of rotatable bonds is 5. The molecule has 2 aliphatic rings. The molecule has 1 N–H and O–H groups in total. The standard InChI is InChI=1S/C22H24ClN3O2/c23-19-9-5-4-6-17(19)16-24-20(27)22(10-11-22)21(28)26-14-12-25(13-15-26)18-7-2-1-3-8-18/h1-9H,10-16H2,(H,24,27). The topological polar surface area (TPSA) is 52.7 Å². The van der Waals surface area contributed by atoms with Gasteiger partial charge in [0.1, 0.15) is 5.41 Å². The fourth-order valence-electron chi connectivity index (χ4n) is 3.76. The largest absolute Gasteiger partial charge is 0.368 e. The minimum atomic E-state index is -0.879. The molecule has 6 heteroatoms. The maximum absolute atomic E-state index is 13.1. The molecule has 1 saturated heterocycles. The van der Waals surface area contributed by atoms with Gasteiger partial charge >= 0.3 is 0 Å². The van der Waals surface area contributed by atoms with Crippen LogP contribution in [0.25, 0.3) is 0 Å². The summed E-state index contributed by atoms with van der Waals surface area (Å²) >= 11 is 6.15. The second-order valence-corrected chi connectivity index (χ2v) is 7.88. The van der Waals surface area contributed by atoms with Crippen molar-refractivity contribution in [3.8, 4) is 0 Å². The number of carbonyl (C=O) groups excluding carboxylic acids is 2. The van der Waals surface area contributed by atoms with Crippen LogP contribution < -0.4 is 10.2 Å². The number of anilines is 1. The van der Waals surface area contributed by atoms with E-state index in [1.54, 1.807) is 6.07 Å². The quantitative estimate of drug-likeness (QED) is 0.789. The molecule has 2 amide bonds. The summed E-state index contributed by atoms with van der Waals surface area (Å²) in [6.07, 6.45) is 1.25. The van der Waals surface area contributed by atoms with Gasteiger partial charge in [0.15, 0.2) is 0 Å². The molecular formula is C22H24ClN3O2. The lowest BCUT2D eigenvalue weighted by Crippen LogP contribution is -2.53. The molecule has 0 spiro atoms. The molecule has 28 heavy (non-hydrogen) atoms. The second kappa shape index (κ2) is 7.84. The number of hydrogen-bond acceptors (Lipinski definition) is 3. The van der Waals surface area contributed by atoms with Crippen LogP contribution in [0.4, 0.5) is 5.69 Å². The highest BCUT2D eigenvalue weighted by atomic mass is 35.5. The average Bonchev–Trinajstić information content (AvgIpc) is 3.55. The Balaban J connectivity index is 1.34. The molecule has 146 valence electrons. The molecule has 1 aliphatic heterocycles. The van der Waals surface area contributed by atoms with E-state index in [0.29, 0.717) is 37.5 Å². The first-order chi connectivity index (χ1) is 13.6. The van der Waals surface area contributed by atoms with Crippen molar-refractivity contribution in [1.29, 1.82) is 0 Å². The van der Waals surface area contributed by atoms with E-state index in [9.17, 15) is 9.59 Å². The van der Waals surface area contributed by atoms with Gasteiger partial charge in [-0.05, 0) is 36.6 Å². The molecule has 1 saturated carbocycles. The highest BCUT2D eigenvalue weighted by Gasteiger charge is 2.58. The Morgan fingerprint density at radius 1 is 0.929 bits per heavy atom. The van der Waals surface area contributed by atoms with Gasteiger partial charge in [0, 0.05) is 43.4 Å². The molecule has 0 unspecified atom stereocenters. The molecule has 0 aromatic heterocycles. The Bertz CT molecular complexity index is 859. The van der Waals surface area contributed by atoms with Crippen LogP contribution in [0, 0.1) is 5.41 Å². The van der Waals surface area contributed by atoms with E-state index in [0.717, 1.165) is 18.7 Å². The summed E-state index contributed by atoms with van der Waals surface area (Å²) in [4.78, 5) is 30.0. The van der Waals surface area contributed by atoms with Crippen molar-refractivity contribution in [2.24, 2.45) is 5.41 Å². The predicted octanol–water partition coefficient (Wildman–Crippen LogP) is 3.09. The lowest BCUT2D eigenvalue weighted by atomic mass is 10.0. The Morgan fingerprint density at radius 3 is 2.21 bits per heavy atom. The summed E-state index contributed by atoms with van der Waals surface area (Å²) < 4.78 is 0. The van der Waals surface area contributed by atoms with Crippen molar-refractivity contribution in [3.05, 3.63) is 65.2 Å². The highest BCUT2D eigenvalue weighted by molar-refractivity contribution is 6.31. The van der Waals surface area contributed by atoms with Crippen LogP contribution in [-0.4, -0.2) is 42.9 Å².